The van der Waals surface area contributed by atoms with Gasteiger partial charge in [-0.05, 0) is 32.0 Å². The third kappa shape index (κ3) is 2.97. The number of fused-ring (bicyclic) bond motifs is 1. The molecule has 4 nitrogen and oxygen atoms in total. The highest BCUT2D eigenvalue weighted by Gasteiger charge is 2.24. The molecule has 3 rings (SSSR count). The molecule has 1 aromatic carbocycles. The van der Waals surface area contributed by atoms with Crippen LogP contribution in [0.5, 0.6) is 0 Å². The van der Waals surface area contributed by atoms with Gasteiger partial charge in [-0.25, -0.2) is 0 Å². The van der Waals surface area contributed by atoms with Gasteiger partial charge >= 0.3 is 0 Å². The first-order valence-corrected chi connectivity index (χ1v) is 6.73. The summed E-state index contributed by atoms with van der Waals surface area (Å²) in [5.74, 6) is 1.00. The number of benzene rings is 1. The summed E-state index contributed by atoms with van der Waals surface area (Å²) < 4.78 is 5.76. The number of hydrogen-bond donors (Lipinski definition) is 2. The number of carbonyl (C=O) groups is 1. The van der Waals surface area contributed by atoms with Crippen molar-refractivity contribution in [1.29, 1.82) is 0 Å². The lowest BCUT2D eigenvalue weighted by Gasteiger charge is -2.14. The van der Waals surface area contributed by atoms with Gasteiger partial charge in [0.25, 0.3) is 0 Å². The van der Waals surface area contributed by atoms with Crippen molar-refractivity contribution in [2.24, 2.45) is 5.92 Å². The number of para-hydroxylation sites is 1. The first-order valence-electron chi connectivity index (χ1n) is 6.73. The Balaban J connectivity index is 0.00000147. The molecule has 1 amide bonds. The predicted octanol–water partition coefficient (Wildman–Crippen LogP) is 2.64. The maximum atomic E-state index is 12.1. The van der Waals surface area contributed by atoms with E-state index in [0.717, 1.165) is 36.2 Å². The van der Waals surface area contributed by atoms with E-state index in [1.165, 1.54) is 0 Å². The zero-order chi connectivity index (χ0) is 13.2. The van der Waals surface area contributed by atoms with Crippen LogP contribution in [0, 0.1) is 5.92 Å². The maximum absolute atomic E-state index is 12.1. The monoisotopic (exact) mass is 294 g/mol. The second kappa shape index (κ2) is 6.29. The fraction of sp³-hybridized carbons (Fsp3) is 0.400. The van der Waals surface area contributed by atoms with Crippen LogP contribution in [0.4, 0.5) is 0 Å². The number of rotatable bonds is 3. The van der Waals surface area contributed by atoms with Gasteiger partial charge < -0.3 is 15.1 Å². The topological polar surface area (TPSA) is 54.3 Å². The molecule has 2 heterocycles. The van der Waals surface area contributed by atoms with E-state index in [4.69, 9.17) is 4.42 Å². The van der Waals surface area contributed by atoms with Gasteiger partial charge in [-0.1, -0.05) is 18.2 Å². The van der Waals surface area contributed by atoms with E-state index in [9.17, 15) is 4.79 Å². The largest absolute Gasteiger partial charge is 0.459 e. The SMILES string of the molecule is CC(NC(=O)C1CCNC1)c1cc2ccccc2o1.Cl. The number of halogens is 1. The van der Waals surface area contributed by atoms with Gasteiger partial charge in [0.05, 0.1) is 12.0 Å². The second-order valence-electron chi connectivity index (χ2n) is 5.11. The van der Waals surface area contributed by atoms with Crippen LogP contribution in [0.3, 0.4) is 0 Å². The molecule has 108 valence electrons. The molecule has 0 saturated carbocycles. The number of hydrogen-bond acceptors (Lipinski definition) is 3. The van der Waals surface area contributed by atoms with E-state index < -0.39 is 0 Å². The number of carbonyl (C=O) groups excluding carboxylic acids is 1. The molecule has 2 N–H and O–H groups in total. The Labute approximate surface area is 124 Å². The third-order valence-electron chi connectivity index (χ3n) is 3.66. The molecule has 0 aliphatic carbocycles. The van der Waals surface area contributed by atoms with Crippen molar-refractivity contribution >= 4 is 29.3 Å². The standard InChI is InChI=1S/C15H18N2O2.ClH/c1-10(17-15(18)12-6-7-16-9-12)14-8-11-4-2-3-5-13(11)19-14;/h2-5,8,10,12,16H,6-7,9H2,1H3,(H,17,18);1H. The summed E-state index contributed by atoms with van der Waals surface area (Å²) >= 11 is 0. The highest BCUT2D eigenvalue weighted by Crippen LogP contribution is 2.24. The third-order valence-corrected chi connectivity index (χ3v) is 3.66. The molecule has 1 aromatic heterocycles. The average molecular weight is 295 g/mol. The molecule has 1 aliphatic heterocycles. The van der Waals surface area contributed by atoms with Crippen LogP contribution in [-0.4, -0.2) is 19.0 Å². The zero-order valence-corrected chi connectivity index (χ0v) is 12.2. The zero-order valence-electron chi connectivity index (χ0n) is 11.4. The predicted molar refractivity (Wildman–Crippen MR) is 81.0 cm³/mol. The molecule has 1 aliphatic rings. The van der Waals surface area contributed by atoms with Crippen LogP contribution in [0.15, 0.2) is 34.7 Å². The Morgan fingerprint density at radius 2 is 2.25 bits per heavy atom. The van der Waals surface area contributed by atoms with Gasteiger partial charge in [0, 0.05) is 11.9 Å². The van der Waals surface area contributed by atoms with Crippen LogP contribution >= 0.6 is 12.4 Å². The van der Waals surface area contributed by atoms with E-state index in [0.29, 0.717) is 0 Å². The van der Waals surface area contributed by atoms with Gasteiger partial charge in [-0.15, -0.1) is 12.4 Å². The fourth-order valence-electron chi connectivity index (χ4n) is 2.50. The number of furan rings is 1. The normalized spacial score (nSPS) is 19.6. The summed E-state index contributed by atoms with van der Waals surface area (Å²) in [6.07, 6.45) is 0.915. The minimum Gasteiger partial charge on any atom is -0.459 e. The molecule has 20 heavy (non-hydrogen) atoms. The van der Waals surface area contributed by atoms with E-state index in [-0.39, 0.29) is 30.3 Å². The second-order valence-corrected chi connectivity index (χ2v) is 5.11. The summed E-state index contributed by atoms with van der Waals surface area (Å²) in [6.45, 7) is 3.66. The van der Waals surface area contributed by atoms with Crippen molar-refractivity contribution in [2.75, 3.05) is 13.1 Å². The highest BCUT2D eigenvalue weighted by atomic mass is 35.5. The molecule has 2 atom stereocenters. The van der Waals surface area contributed by atoms with Crippen LogP contribution in [0.2, 0.25) is 0 Å². The Morgan fingerprint density at radius 3 is 2.95 bits per heavy atom. The molecule has 0 radical (unpaired) electrons. The van der Waals surface area contributed by atoms with E-state index in [1.54, 1.807) is 0 Å². The van der Waals surface area contributed by atoms with Crippen molar-refractivity contribution < 1.29 is 9.21 Å². The number of amides is 1. The van der Waals surface area contributed by atoms with E-state index >= 15 is 0 Å². The van der Waals surface area contributed by atoms with Gasteiger partial charge in [0.2, 0.25) is 5.91 Å². The summed E-state index contributed by atoms with van der Waals surface area (Å²) in [7, 11) is 0. The van der Waals surface area contributed by atoms with Crippen molar-refractivity contribution in [3.8, 4) is 0 Å². The Kier molecular flexibility index (Phi) is 4.68. The summed E-state index contributed by atoms with van der Waals surface area (Å²) in [5.41, 5.74) is 0.862. The fourth-order valence-corrected chi connectivity index (χ4v) is 2.50. The lowest BCUT2D eigenvalue weighted by atomic mass is 10.1. The quantitative estimate of drug-likeness (QED) is 0.915. The van der Waals surface area contributed by atoms with Gasteiger partial charge in [-0.3, -0.25) is 4.79 Å². The van der Waals surface area contributed by atoms with E-state index in [1.807, 2.05) is 37.3 Å². The molecule has 1 saturated heterocycles. The lowest BCUT2D eigenvalue weighted by molar-refractivity contribution is -0.125. The number of nitrogens with one attached hydrogen (secondary N) is 2. The minimum absolute atomic E-state index is 0. The Hall–Kier alpha value is -1.52. The van der Waals surface area contributed by atoms with Gasteiger partial charge in [-0.2, -0.15) is 0 Å². The molecule has 2 unspecified atom stereocenters. The molecule has 0 spiro atoms. The molecule has 5 heteroatoms. The summed E-state index contributed by atoms with van der Waals surface area (Å²) in [6, 6.07) is 9.78. The van der Waals surface area contributed by atoms with Gasteiger partial charge in [0.1, 0.15) is 11.3 Å². The van der Waals surface area contributed by atoms with Gasteiger partial charge in [0.15, 0.2) is 0 Å². The lowest BCUT2D eigenvalue weighted by Crippen LogP contribution is -2.33. The first kappa shape index (κ1) is 14.9. The van der Waals surface area contributed by atoms with E-state index in [2.05, 4.69) is 10.6 Å². The maximum Gasteiger partial charge on any atom is 0.225 e. The Morgan fingerprint density at radius 1 is 1.45 bits per heavy atom. The average Bonchev–Trinajstić information content (AvgIpc) is 3.07. The van der Waals surface area contributed by atoms with Crippen LogP contribution in [0.1, 0.15) is 25.1 Å². The highest BCUT2D eigenvalue weighted by molar-refractivity contribution is 5.85. The minimum atomic E-state index is -0.0968. The molecule has 2 aromatic rings. The van der Waals surface area contributed by atoms with Crippen molar-refractivity contribution in [1.82, 2.24) is 10.6 Å². The summed E-state index contributed by atoms with van der Waals surface area (Å²) in [5, 5.41) is 7.30. The van der Waals surface area contributed by atoms with Crippen LogP contribution in [0.25, 0.3) is 11.0 Å². The van der Waals surface area contributed by atoms with Crippen molar-refractivity contribution in [2.45, 2.75) is 19.4 Å². The summed E-state index contributed by atoms with van der Waals surface area (Å²) in [4.78, 5) is 12.1. The molecular weight excluding hydrogens is 276 g/mol. The first-order chi connectivity index (χ1) is 9.24. The molecule has 1 fully saturated rings. The Bertz CT molecular complexity index is 557. The smallest absolute Gasteiger partial charge is 0.225 e. The van der Waals surface area contributed by atoms with Crippen LogP contribution in [-0.2, 0) is 4.79 Å². The molecular formula is C15H19ClN2O2. The molecule has 0 bridgehead atoms. The van der Waals surface area contributed by atoms with Crippen molar-refractivity contribution in [3.63, 3.8) is 0 Å². The van der Waals surface area contributed by atoms with Crippen LogP contribution < -0.4 is 10.6 Å². The van der Waals surface area contributed by atoms with Crippen molar-refractivity contribution in [3.05, 3.63) is 36.1 Å².